The van der Waals surface area contributed by atoms with Crippen LogP contribution in [0.1, 0.15) is 21.5 Å². The van der Waals surface area contributed by atoms with Gasteiger partial charge in [0.1, 0.15) is 11.6 Å². The second-order valence-electron chi connectivity index (χ2n) is 4.42. The summed E-state index contributed by atoms with van der Waals surface area (Å²) in [5.41, 5.74) is 7.02. The van der Waals surface area contributed by atoms with Crippen molar-refractivity contribution in [3.63, 3.8) is 0 Å². The molecule has 0 aromatic heterocycles. The molecular weight excluding hydrogens is 262 g/mol. The second kappa shape index (κ2) is 5.79. The van der Waals surface area contributed by atoms with Crippen LogP contribution in [0.5, 0.6) is 0 Å². The summed E-state index contributed by atoms with van der Waals surface area (Å²) >= 11 is 0. The van der Waals surface area contributed by atoms with Crippen molar-refractivity contribution in [2.24, 2.45) is 5.73 Å². The Morgan fingerprint density at radius 3 is 2.65 bits per heavy atom. The van der Waals surface area contributed by atoms with Gasteiger partial charge in [0.25, 0.3) is 5.91 Å². The Morgan fingerprint density at radius 1 is 1.20 bits per heavy atom. The minimum atomic E-state index is -0.484. The van der Waals surface area contributed by atoms with E-state index in [2.05, 4.69) is 5.32 Å². The van der Waals surface area contributed by atoms with E-state index in [1.807, 2.05) is 0 Å². The predicted octanol–water partition coefficient (Wildman–Crippen LogP) is 2.98. The maximum Gasteiger partial charge on any atom is 0.256 e. The van der Waals surface area contributed by atoms with Crippen molar-refractivity contribution >= 4 is 11.6 Å². The lowest BCUT2D eigenvalue weighted by Gasteiger charge is -2.09. The molecule has 0 bridgehead atoms. The van der Waals surface area contributed by atoms with Crippen LogP contribution in [0, 0.1) is 18.6 Å². The van der Waals surface area contributed by atoms with Crippen molar-refractivity contribution in [3.8, 4) is 0 Å². The fraction of sp³-hybridized carbons (Fsp3) is 0.133. The summed E-state index contributed by atoms with van der Waals surface area (Å²) in [4.78, 5) is 12.1. The minimum Gasteiger partial charge on any atom is -0.326 e. The van der Waals surface area contributed by atoms with Crippen LogP contribution >= 0.6 is 0 Å². The quantitative estimate of drug-likeness (QED) is 0.905. The lowest BCUT2D eigenvalue weighted by molar-refractivity contribution is 0.102. The monoisotopic (exact) mass is 276 g/mol. The number of benzene rings is 2. The highest BCUT2D eigenvalue weighted by atomic mass is 19.1. The number of carbonyl (C=O) groups is 1. The molecule has 0 saturated heterocycles. The number of aryl methyl sites for hydroxylation is 1. The Balaban J connectivity index is 2.25. The van der Waals surface area contributed by atoms with Gasteiger partial charge in [0, 0.05) is 23.4 Å². The number of nitrogens with one attached hydrogen (secondary N) is 1. The smallest absolute Gasteiger partial charge is 0.256 e. The SMILES string of the molecule is Cc1ccc(F)cc1C(=O)Nc1ccc(F)c(CN)c1. The summed E-state index contributed by atoms with van der Waals surface area (Å²) in [5.74, 6) is -1.36. The highest BCUT2D eigenvalue weighted by Crippen LogP contribution is 2.17. The average molecular weight is 276 g/mol. The van der Waals surface area contributed by atoms with Gasteiger partial charge in [-0.2, -0.15) is 0 Å². The van der Waals surface area contributed by atoms with E-state index in [1.54, 1.807) is 6.92 Å². The lowest BCUT2D eigenvalue weighted by atomic mass is 10.1. The van der Waals surface area contributed by atoms with Gasteiger partial charge in [0.05, 0.1) is 0 Å². The van der Waals surface area contributed by atoms with E-state index in [-0.39, 0.29) is 12.1 Å². The molecule has 0 fully saturated rings. The van der Waals surface area contributed by atoms with Crippen LogP contribution in [-0.4, -0.2) is 5.91 Å². The molecule has 3 N–H and O–H groups in total. The Morgan fingerprint density at radius 2 is 1.95 bits per heavy atom. The molecule has 2 aromatic carbocycles. The summed E-state index contributed by atoms with van der Waals surface area (Å²) in [6.07, 6.45) is 0. The van der Waals surface area contributed by atoms with Gasteiger partial charge in [-0.25, -0.2) is 8.78 Å². The number of halogens is 2. The molecule has 0 heterocycles. The molecule has 2 rings (SSSR count). The molecule has 20 heavy (non-hydrogen) atoms. The maximum atomic E-state index is 13.3. The molecule has 0 aliphatic heterocycles. The van der Waals surface area contributed by atoms with Gasteiger partial charge in [-0.15, -0.1) is 0 Å². The van der Waals surface area contributed by atoms with Crippen LogP contribution in [-0.2, 0) is 6.54 Å². The maximum absolute atomic E-state index is 13.3. The molecule has 1 amide bonds. The highest BCUT2D eigenvalue weighted by molar-refractivity contribution is 6.05. The number of carbonyl (C=O) groups excluding carboxylic acids is 1. The Bertz CT molecular complexity index is 656. The van der Waals surface area contributed by atoms with Gasteiger partial charge in [-0.05, 0) is 42.8 Å². The minimum absolute atomic E-state index is 0.0362. The van der Waals surface area contributed by atoms with Crippen molar-refractivity contribution < 1.29 is 13.6 Å². The van der Waals surface area contributed by atoms with Crippen molar-refractivity contribution in [1.82, 2.24) is 0 Å². The zero-order valence-electron chi connectivity index (χ0n) is 10.9. The third kappa shape index (κ3) is 3.00. The van der Waals surface area contributed by atoms with Crippen LogP contribution < -0.4 is 11.1 Å². The van der Waals surface area contributed by atoms with E-state index < -0.39 is 17.5 Å². The largest absolute Gasteiger partial charge is 0.326 e. The van der Waals surface area contributed by atoms with E-state index >= 15 is 0 Å². The molecule has 0 aliphatic carbocycles. The van der Waals surface area contributed by atoms with Gasteiger partial charge in [-0.3, -0.25) is 4.79 Å². The summed E-state index contributed by atoms with van der Waals surface area (Å²) in [6, 6.07) is 8.11. The van der Waals surface area contributed by atoms with Gasteiger partial charge < -0.3 is 11.1 Å². The fourth-order valence-electron chi connectivity index (χ4n) is 1.85. The first kappa shape index (κ1) is 14.1. The molecule has 0 unspecified atom stereocenters. The first-order chi connectivity index (χ1) is 9.51. The lowest BCUT2D eigenvalue weighted by Crippen LogP contribution is -2.14. The van der Waals surface area contributed by atoms with Crippen molar-refractivity contribution in [2.45, 2.75) is 13.5 Å². The normalized spacial score (nSPS) is 10.4. The van der Waals surface area contributed by atoms with Crippen LogP contribution in [0.4, 0.5) is 14.5 Å². The fourth-order valence-corrected chi connectivity index (χ4v) is 1.85. The van der Waals surface area contributed by atoms with Crippen LogP contribution in [0.25, 0.3) is 0 Å². The number of amides is 1. The Kier molecular flexibility index (Phi) is 4.10. The third-order valence-electron chi connectivity index (χ3n) is 2.97. The summed E-state index contributed by atoms with van der Waals surface area (Å²) in [6.45, 7) is 1.75. The average Bonchev–Trinajstić information content (AvgIpc) is 2.43. The van der Waals surface area contributed by atoms with Crippen molar-refractivity contribution in [3.05, 3.63) is 64.7 Å². The molecular formula is C15H14F2N2O. The van der Waals surface area contributed by atoms with Crippen LogP contribution in [0.3, 0.4) is 0 Å². The van der Waals surface area contributed by atoms with Crippen LogP contribution in [0.2, 0.25) is 0 Å². The van der Waals surface area contributed by atoms with Gasteiger partial charge >= 0.3 is 0 Å². The number of hydrogen-bond donors (Lipinski definition) is 2. The van der Waals surface area contributed by atoms with Crippen molar-refractivity contribution in [2.75, 3.05) is 5.32 Å². The highest BCUT2D eigenvalue weighted by Gasteiger charge is 2.11. The summed E-state index contributed by atoms with van der Waals surface area (Å²) in [7, 11) is 0. The molecule has 0 aliphatic rings. The topological polar surface area (TPSA) is 55.1 Å². The molecule has 104 valence electrons. The van der Waals surface area contributed by atoms with Gasteiger partial charge in [-0.1, -0.05) is 6.07 Å². The Labute approximate surface area is 115 Å². The zero-order chi connectivity index (χ0) is 14.7. The van der Waals surface area contributed by atoms with E-state index in [4.69, 9.17) is 5.73 Å². The van der Waals surface area contributed by atoms with E-state index in [0.717, 1.165) is 6.07 Å². The van der Waals surface area contributed by atoms with E-state index in [1.165, 1.54) is 30.3 Å². The van der Waals surface area contributed by atoms with E-state index in [9.17, 15) is 13.6 Å². The van der Waals surface area contributed by atoms with Gasteiger partial charge in [0.2, 0.25) is 0 Å². The molecule has 5 heteroatoms. The van der Waals surface area contributed by atoms with Crippen molar-refractivity contribution in [1.29, 1.82) is 0 Å². The molecule has 3 nitrogen and oxygen atoms in total. The standard InChI is InChI=1S/C15H14F2N2O/c1-9-2-3-11(16)7-13(9)15(20)19-12-4-5-14(17)10(6-12)8-18/h2-7H,8,18H2,1H3,(H,19,20). The molecule has 0 atom stereocenters. The number of anilines is 1. The zero-order valence-corrected chi connectivity index (χ0v) is 10.9. The summed E-state index contributed by atoms with van der Waals surface area (Å²) in [5, 5.41) is 2.60. The first-order valence-corrected chi connectivity index (χ1v) is 6.07. The molecule has 0 radical (unpaired) electrons. The number of nitrogens with two attached hydrogens (primary N) is 1. The molecule has 0 spiro atoms. The number of rotatable bonds is 3. The Hall–Kier alpha value is -2.27. The third-order valence-corrected chi connectivity index (χ3v) is 2.97. The predicted molar refractivity (Wildman–Crippen MR) is 73.4 cm³/mol. The molecule has 2 aromatic rings. The second-order valence-corrected chi connectivity index (χ2v) is 4.42. The number of hydrogen-bond acceptors (Lipinski definition) is 2. The molecule has 0 saturated carbocycles. The van der Waals surface area contributed by atoms with Crippen LogP contribution in [0.15, 0.2) is 36.4 Å². The first-order valence-electron chi connectivity index (χ1n) is 6.07. The van der Waals surface area contributed by atoms with E-state index in [0.29, 0.717) is 16.8 Å². The summed E-state index contributed by atoms with van der Waals surface area (Å²) < 4.78 is 26.5. The van der Waals surface area contributed by atoms with Gasteiger partial charge in [0.15, 0.2) is 0 Å².